The van der Waals surface area contributed by atoms with Crippen molar-refractivity contribution in [2.75, 3.05) is 12.3 Å². The highest BCUT2D eigenvalue weighted by atomic mass is 16.5. The first kappa shape index (κ1) is 11.7. The van der Waals surface area contributed by atoms with Gasteiger partial charge < -0.3 is 10.5 Å². The molecule has 3 rings (SSSR count). The van der Waals surface area contributed by atoms with E-state index in [0.29, 0.717) is 23.5 Å². The van der Waals surface area contributed by atoms with Crippen molar-refractivity contribution in [3.8, 4) is 0 Å². The molecule has 0 aromatic carbocycles. The van der Waals surface area contributed by atoms with Crippen molar-refractivity contribution in [2.45, 2.75) is 25.2 Å². The van der Waals surface area contributed by atoms with Gasteiger partial charge >= 0.3 is 0 Å². The van der Waals surface area contributed by atoms with E-state index in [9.17, 15) is 0 Å². The largest absolute Gasteiger partial charge is 0.382 e. The van der Waals surface area contributed by atoms with Gasteiger partial charge in [-0.05, 0) is 18.4 Å². The van der Waals surface area contributed by atoms with E-state index in [-0.39, 0.29) is 12.3 Å². The first-order chi connectivity index (χ1) is 9.29. The second-order valence-electron chi connectivity index (χ2n) is 4.29. The van der Waals surface area contributed by atoms with Gasteiger partial charge in [-0.2, -0.15) is 0 Å². The van der Waals surface area contributed by atoms with Gasteiger partial charge in [-0.25, -0.2) is 15.0 Å². The normalized spacial score (nSPS) is 22.5. The SMILES string of the molecule is [N-]=[N+]=NC[C@@H]1CC[C@H](n2cnc3c(N)ncnc32)O1. The minimum Gasteiger partial charge on any atom is -0.382 e. The summed E-state index contributed by atoms with van der Waals surface area (Å²) >= 11 is 0. The standard InChI is InChI=1S/C10H12N8O/c11-9-8-10(14-4-13-9)18(5-15-8)7-2-1-6(19-7)3-16-17-12/h4-7H,1-3H2,(H2,11,13,14)/t6-,7+/m0/s1. The van der Waals surface area contributed by atoms with Crippen LogP contribution in [0.5, 0.6) is 0 Å². The molecule has 1 saturated heterocycles. The van der Waals surface area contributed by atoms with Crippen LogP contribution < -0.4 is 5.73 Å². The highest BCUT2D eigenvalue weighted by Gasteiger charge is 2.27. The number of aromatic nitrogens is 4. The number of azide groups is 1. The Balaban J connectivity index is 1.86. The van der Waals surface area contributed by atoms with Crippen LogP contribution in [0.4, 0.5) is 5.82 Å². The van der Waals surface area contributed by atoms with Crippen molar-refractivity contribution in [3.05, 3.63) is 23.1 Å². The monoisotopic (exact) mass is 260 g/mol. The Kier molecular flexibility index (Phi) is 2.90. The van der Waals surface area contributed by atoms with Crippen LogP contribution in [0.25, 0.3) is 21.6 Å². The number of hydrogen-bond acceptors (Lipinski definition) is 6. The van der Waals surface area contributed by atoms with Crippen molar-refractivity contribution in [2.24, 2.45) is 5.11 Å². The molecule has 0 saturated carbocycles. The zero-order valence-corrected chi connectivity index (χ0v) is 10.0. The van der Waals surface area contributed by atoms with Crippen LogP contribution >= 0.6 is 0 Å². The van der Waals surface area contributed by atoms with Gasteiger partial charge in [0.1, 0.15) is 18.1 Å². The van der Waals surface area contributed by atoms with Crippen molar-refractivity contribution >= 4 is 17.0 Å². The molecule has 2 aromatic heterocycles. The van der Waals surface area contributed by atoms with Crippen LogP contribution in [-0.2, 0) is 4.74 Å². The minimum absolute atomic E-state index is 0.0578. The predicted octanol–water partition coefficient (Wildman–Crippen LogP) is 1.40. The van der Waals surface area contributed by atoms with Crippen molar-refractivity contribution in [1.29, 1.82) is 0 Å². The Morgan fingerprint density at radius 2 is 2.37 bits per heavy atom. The fourth-order valence-corrected chi connectivity index (χ4v) is 2.23. The Morgan fingerprint density at radius 1 is 1.47 bits per heavy atom. The number of fused-ring (bicyclic) bond motifs is 1. The van der Waals surface area contributed by atoms with Gasteiger partial charge in [-0.1, -0.05) is 5.11 Å². The van der Waals surface area contributed by atoms with Crippen LogP contribution in [0, 0.1) is 0 Å². The van der Waals surface area contributed by atoms with Gasteiger partial charge in [0.05, 0.1) is 19.0 Å². The lowest BCUT2D eigenvalue weighted by Crippen LogP contribution is -2.13. The van der Waals surface area contributed by atoms with E-state index in [4.69, 9.17) is 16.0 Å². The first-order valence-corrected chi connectivity index (χ1v) is 5.89. The molecular formula is C10H12N8O. The smallest absolute Gasteiger partial charge is 0.167 e. The maximum atomic E-state index is 8.31. The maximum Gasteiger partial charge on any atom is 0.167 e. The summed E-state index contributed by atoms with van der Waals surface area (Å²) in [6, 6.07) is 0. The molecule has 3 heterocycles. The van der Waals surface area contributed by atoms with E-state index in [2.05, 4.69) is 25.0 Å². The number of rotatable bonds is 3. The van der Waals surface area contributed by atoms with Gasteiger partial charge in [-0.15, -0.1) is 0 Å². The lowest BCUT2D eigenvalue weighted by atomic mass is 10.2. The molecular weight excluding hydrogens is 248 g/mol. The maximum absolute atomic E-state index is 8.31. The Bertz CT molecular complexity index is 646. The molecule has 2 atom stereocenters. The van der Waals surface area contributed by atoms with Gasteiger partial charge in [0.25, 0.3) is 0 Å². The van der Waals surface area contributed by atoms with E-state index in [1.54, 1.807) is 6.33 Å². The lowest BCUT2D eigenvalue weighted by molar-refractivity contribution is 0.00872. The highest BCUT2D eigenvalue weighted by molar-refractivity contribution is 5.81. The molecule has 1 fully saturated rings. The number of imidazole rings is 1. The summed E-state index contributed by atoms with van der Waals surface area (Å²) in [5.41, 5.74) is 15.3. The average molecular weight is 260 g/mol. The zero-order valence-electron chi connectivity index (χ0n) is 10.0. The molecule has 0 radical (unpaired) electrons. The average Bonchev–Trinajstić information content (AvgIpc) is 3.02. The lowest BCUT2D eigenvalue weighted by Gasteiger charge is -2.13. The number of ether oxygens (including phenoxy) is 1. The molecule has 9 heteroatoms. The van der Waals surface area contributed by atoms with Crippen LogP contribution in [0.3, 0.4) is 0 Å². The summed E-state index contributed by atoms with van der Waals surface area (Å²) in [5.74, 6) is 0.354. The Morgan fingerprint density at radius 3 is 3.21 bits per heavy atom. The van der Waals surface area contributed by atoms with Gasteiger partial charge in [-0.3, -0.25) is 4.57 Å². The van der Waals surface area contributed by atoms with E-state index < -0.39 is 0 Å². The topological polar surface area (TPSA) is 128 Å². The zero-order chi connectivity index (χ0) is 13.2. The van der Waals surface area contributed by atoms with E-state index in [0.717, 1.165) is 12.8 Å². The quantitative estimate of drug-likeness (QED) is 0.506. The number of anilines is 1. The van der Waals surface area contributed by atoms with Crippen LogP contribution in [0.15, 0.2) is 17.8 Å². The van der Waals surface area contributed by atoms with Crippen LogP contribution in [0.1, 0.15) is 19.1 Å². The molecule has 2 aromatic rings. The molecule has 98 valence electrons. The number of nitrogens with two attached hydrogens (primary N) is 1. The Labute approximate surface area is 108 Å². The highest BCUT2D eigenvalue weighted by Crippen LogP contribution is 2.30. The molecule has 9 nitrogen and oxygen atoms in total. The molecule has 1 aliphatic rings. The van der Waals surface area contributed by atoms with Crippen molar-refractivity contribution in [1.82, 2.24) is 19.5 Å². The summed E-state index contributed by atoms with van der Waals surface area (Å²) in [7, 11) is 0. The summed E-state index contributed by atoms with van der Waals surface area (Å²) in [5, 5.41) is 3.53. The van der Waals surface area contributed by atoms with Gasteiger partial charge in [0, 0.05) is 4.91 Å². The third kappa shape index (κ3) is 2.05. The number of nitrogens with zero attached hydrogens (tertiary/aromatic N) is 7. The van der Waals surface area contributed by atoms with E-state index >= 15 is 0 Å². The fraction of sp³-hybridized carbons (Fsp3) is 0.500. The predicted molar refractivity (Wildman–Crippen MR) is 66.9 cm³/mol. The minimum atomic E-state index is -0.154. The van der Waals surface area contributed by atoms with Crippen molar-refractivity contribution < 1.29 is 4.74 Å². The van der Waals surface area contributed by atoms with Crippen molar-refractivity contribution in [3.63, 3.8) is 0 Å². The molecule has 0 aliphatic carbocycles. The summed E-state index contributed by atoms with van der Waals surface area (Å²) in [6.07, 6.45) is 4.50. The summed E-state index contributed by atoms with van der Waals surface area (Å²) in [6.45, 7) is 0.344. The number of nitrogen functional groups attached to an aromatic ring is 1. The summed E-state index contributed by atoms with van der Waals surface area (Å²) < 4.78 is 7.65. The van der Waals surface area contributed by atoms with Gasteiger partial charge in [0.2, 0.25) is 0 Å². The fourth-order valence-electron chi connectivity index (χ4n) is 2.23. The molecule has 2 N–H and O–H groups in total. The molecule has 19 heavy (non-hydrogen) atoms. The summed E-state index contributed by atoms with van der Waals surface area (Å²) in [4.78, 5) is 15.0. The van der Waals surface area contributed by atoms with E-state index in [1.165, 1.54) is 6.33 Å². The second kappa shape index (κ2) is 4.71. The van der Waals surface area contributed by atoms with Crippen LogP contribution in [-0.4, -0.2) is 32.2 Å². The van der Waals surface area contributed by atoms with Crippen LogP contribution in [0.2, 0.25) is 0 Å². The van der Waals surface area contributed by atoms with E-state index in [1.807, 2.05) is 4.57 Å². The number of hydrogen-bond donors (Lipinski definition) is 1. The van der Waals surface area contributed by atoms with Gasteiger partial charge in [0.15, 0.2) is 11.5 Å². The third-order valence-electron chi connectivity index (χ3n) is 3.13. The Hall–Kier alpha value is -2.38. The molecule has 0 bridgehead atoms. The molecule has 0 spiro atoms. The first-order valence-electron chi connectivity index (χ1n) is 5.89. The molecule has 0 unspecified atom stereocenters. The molecule has 0 amide bonds. The second-order valence-corrected chi connectivity index (χ2v) is 4.29. The third-order valence-corrected chi connectivity index (χ3v) is 3.13. The molecule has 1 aliphatic heterocycles.